The van der Waals surface area contributed by atoms with Gasteiger partial charge in [0.05, 0.1) is 6.10 Å². The third-order valence-electron chi connectivity index (χ3n) is 11.0. The standard InChI is InChI=1S/C28H48O2Si/c1-18-16-21(30-31(8,9)26(3,4)5)17-20-10-11-22-24-13-12-23(19(2)29)27(24,6)15-14-25(22)28(18,20)7/h10-11,18-19,21,23-25,29H,12-17H2,1-9H3/t18-,19-,21-,23+,24?,25?,27+,28-/m0/s1. The summed E-state index contributed by atoms with van der Waals surface area (Å²) >= 11 is 0. The number of aliphatic hydroxyl groups is 1. The van der Waals surface area contributed by atoms with Crippen LogP contribution in [0.1, 0.15) is 87.0 Å². The van der Waals surface area contributed by atoms with E-state index in [1.165, 1.54) is 32.1 Å². The van der Waals surface area contributed by atoms with Crippen LogP contribution in [0, 0.1) is 34.5 Å². The van der Waals surface area contributed by atoms with E-state index in [0.29, 0.717) is 29.8 Å². The van der Waals surface area contributed by atoms with Crippen molar-refractivity contribution >= 4 is 8.32 Å². The van der Waals surface area contributed by atoms with Gasteiger partial charge in [0.1, 0.15) is 0 Å². The second kappa shape index (κ2) is 7.57. The molecule has 3 saturated carbocycles. The van der Waals surface area contributed by atoms with Crippen molar-refractivity contribution in [1.82, 2.24) is 0 Å². The van der Waals surface area contributed by atoms with Gasteiger partial charge in [0.25, 0.3) is 0 Å². The first kappa shape index (κ1) is 23.8. The quantitative estimate of drug-likeness (QED) is 0.456. The molecule has 0 spiro atoms. The number of hydrogen-bond acceptors (Lipinski definition) is 2. The third-order valence-corrected chi connectivity index (χ3v) is 15.6. The molecule has 0 aromatic rings. The van der Waals surface area contributed by atoms with Crippen LogP contribution in [-0.2, 0) is 4.43 Å². The molecule has 176 valence electrons. The molecule has 0 amide bonds. The summed E-state index contributed by atoms with van der Waals surface area (Å²) < 4.78 is 6.92. The number of allylic oxidation sites excluding steroid dienone is 3. The monoisotopic (exact) mass is 444 g/mol. The Kier molecular flexibility index (Phi) is 5.80. The van der Waals surface area contributed by atoms with Crippen LogP contribution in [0.3, 0.4) is 0 Å². The molecule has 4 rings (SSSR count). The normalized spacial score (nSPS) is 44.0. The van der Waals surface area contributed by atoms with Crippen molar-refractivity contribution in [1.29, 1.82) is 0 Å². The van der Waals surface area contributed by atoms with E-state index in [1.54, 1.807) is 11.1 Å². The van der Waals surface area contributed by atoms with Gasteiger partial charge in [-0.3, -0.25) is 0 Å². The Labute approximate surface area is 193 Å². The Morgan fingerprint density at radius 2 is 1.77 bits per heavy atom. The van der Waals surface area contributed by atoms with Crippen molar-refractivity contribution < 1.29 is 9.53 Å². The molecule has 4 aliphatic rings. The predicted octanol–water partition coefficient (Wildman–Crippen LogP) is 7.50. The summed E-state index contributed by atoms with van der Waals surface area (Å²) in [6.45, 7) is 21.4. The smallest absolute Gasteiger partial charge is 0.192 e. The van der Waals surface area contributed by atoms with Gasteiger partial charge in [-0.1, -0.05) is 64.8 Å². The molecule has 0 aliphatic heterocycles. The molecule has 8 atom stereocenters. The number of rotatable bonds is 3. The summed E-state index contributed by atoms with van der Waals surface area (Å²) in [6.07, 6.45) is 12.6. The molecular weight excluding hydrogens is 396 g/mol. The van der Waals surface area contributed by atoms with E-state index in [-0.39, 0.29) is 22.0 Å². The van der Waals surface area contributed by atoms with Gasteiger partial charge in [-0.05, 0) is 98.1 Å². The van der Waals surface area contributed by atoms with Crippen molar-refractivity contribution in [3.05, 3.63) is 23.3 Å². The summed E-state index contributed by atoms with van der Waals surface area (Å²) in [4.78, 5) is 0. The molecule has 2 nitrogen and oxygen atoms in total. The Hall–Kier alpha value is -0.383. The van der Waals surface area contributed by atoms with Crippen molar-refractivity contribution in [3.63, 3.8) is 0 Å². The average Bonchev–Trinajstić information content (AvgIpc) is 2.99. The zero-order valence-electron chi connectivity index (χ0n) is 21.7. The fraction of sp³-hybridized carbons (Fsp3) is 0.857. The van der Waals surface area contributed by atoms with Crippen LogP contribution in [0.25, 0.3) is 0 Å². The summed E-state index contributed by atoms with van der Waals surface area (Å²) in [5, 5.41) is 10.7. The number of aliphatic hydroxyl groups excluding tert-OH is 1. The fourth-order valence-corrected chi connectivity index (χ4v) is 9.27. The van der Waals surface area contributed by atoms with E-state index < -0.39 is 8.32 Å². The van der Waals surface area contributed by atoms with Gasteiger partial charge < -0.3 is 9.53 Å². The zero-order chi connectivity index (χ0) is 23.0. The molecule has 3 fully saturated rings. The maximum absolute atomic E-state index is 10.5. The van der Waals surface area contributed by atoms with Gasteiger partial charge in [-0.25, -0.2) is 0 Å². The average molecular weight is 445 g/mol. The van der Waals surface area contributed by atoms with E-state index in [4.69, 9.17) is 4.43 Å². The van der Waals surface area contributed by atoms with Crippen LogP contribution in [0.2, 0.25) is 18.1 Å². The molecule has 0 heterocycles. The highest BCUT2D eigenvalue weighted by Gasteiger charge is 2.58. The largest absolute Gasteiger partial charge is 0.414 e. The first-order chi connectivity index (χ1) is 14.2. The zero-order valence-corrected chi connectivity index (χ0v) is 22.7. The highest BCUT2D eigenvalue weighted by Crippen LogP contribution is 2.66. The van der Waals surface area contributed by atoms with Crippen molar-refractivity contribution in [2.45, 2.75) is 117 Å². The van der Waals surface area contributed by atoms with Gasteiger partial charge in [0.2, 0.25) is 0 Å². The molecule has 0 aromatic heterocycles. The van der Waals surface area contributed by atoms with Crippen LogP contribution in [0.5, 0.6) is 0 Å². The third kappa shape index (κ3) is 3.56. The van der Waals surface area contributed by atoms with Gasteiger partial charge in [-0.15, -0.1) is 0 Å². The van der Waals surface area contributed by atoms with E-state index in [0.717, 1.165) is 6.42 Å². The Balaban J connectivity index is 1.62. The first-order valence-electron chi connectivity index (χ1n) is 13.0. The summed E-state index contributed by atoms with van der Waals surface area (Å²) in [7, 11) is -1.75. The summed E-state index contributed by atoms with van der Waals surface area (Å²) in [5.41, 5.74) is 3.93. The predicted molar refractivity (Wildman–Crippen MR) is 133 cm³/mol. The summed E-state index contributed by atoms with van der Waals surface area (Å²) in [5.74, 6) is 2.45. The summed E-state index contributed by atoms with van der Waals surface area (Å²) in [6, 6.07) is 0. The van der Waals surface area contributed by atoms with Crippen molar-refractivity contribution in [2.24, 2.45) is 34.5 Å². The second-order valence-corrected chi connectivity index (χ2v) is 18.3. The van der Waals surface area contributed by atoms with E-state index in [1.807, 2.05) is 6.92 Å². The lowest BCUT2D eigenvalue weighted by atomic mass is 9.48. The SMILES string of the molecule is C[C@H](O)[C@H]1CCC2C3=CC=C4C[C@@H](O[Si](C)(C)C(C)(C)C)C[C@H](C)[C@]4(C)C3CC[C@@]21C. The fourth-order valence-electron chi connectivity index (χ4n) is 7.91. The Bertz CT molecular complexity index is 772. The lowest BCUT2D eigenvalue weighted by Gasteiger charge is -2.58. The number of hydrogen-bond donors (Lipinski definition) is 1. The molecule has 0 aromatic carbocycles. The second-order valence-electron chi connectivity index (χ2n) is 13.6. The molecule has 4 aliphatic carbocycles. The van der Waals surface area contributed by atoms with Gasteiger partial charge in [0.15, 0.2) is 8.32 Å². The molecular formula is C28H48O2Si. The Morgan fingerprint density at radius 1 is 1.10 bits per heavy atom. The minimum atomic E-state index is -1.75. The minimum absolute atomic E-state index is 0.181. The molecule has 3 heteroatoms. The van der Waals surface area contributed by atoms with Crippen LogP contribution in [0.15, 0.2) is 23.3 Å². The molecule has 0 radical (unpaired) electrons. The highest BCUT2D eigenvalue weighted by molar-refractivity contribution is 6.74. The maximum Gasteiger partial charge on any atom is 0.192 e. The van der Waals surface area contributed by atoms with Gasteiger partial charge in [-0.2, -0.15) is 0 Å². The molecule has 2 unspecified atom stereocenters. The lowest BCUT2D eigenvalue weighted by Crippen LogP contribution is -2.52. The van der Waals surface area contributed by atoms with Crippen molar-refractivity contribution in [3.8, 4) is 0 Å². The molecule has 31 heavy (non-hydrogen) atoms. The van der Waals surface area contributed by atoms with E-state index >= 15 is 0 Å². The maximum atomic E-state index is 10.5. The van der Waals surface area contributed by atoms with Crippen LogP contribution in [-0.4, -0.2) is 25.6 Å². The first-order valence-corrected chi connectivity index (χ1v) is 15.9. The van der Waals surface area contributed by atoms with Crippen LogP contribution < -0.4 is 0 Å². The molecule has 0 bridgehead atoms. The van der Waals surface area contributed by atoms with Gasteiger partial charge >= 0.3 is 0 Å². The van der Waals surface area contributed by atoms with Crippen LogP contribution >= 0.6 is 0 Å². The van der Waals surface area contributed by atoms with Crippen molar-refractivity contribution in [2.75, 3.05) is 0 Å². The van der Waals surface area contributed by atoms with E-state index in [2.05, 4.69) is 66.8 Å². The van der Waals surface area contributed by atoms with Crippen LogP contribution in [0.4, 0.5) is 0 Å². The topological polar surface area (TPSA) is 29.5 Å². The van der Waals surface area contributed by atoms with Gasteiger partial charge in [0, 0.05) is 6.10 Å². The lowest BCUT2D eigenvalue weighted by molar-refractivity contribution is -0.00943. The molecule has 1 N–H and O–H groups in total. The number of fused-ring (bicyclic) bond motifs is 5. The highest BCUT2D eigenvalue weighted by atomic mass is 28.4. The Morgan fingerprint density at radius 3 is 2.39 bits per heavy atom. The molecule has 0 saturated heterocycles. The minimum Gasteiger partial charge on any atom is -0.414 e. The van der Waals surface area contributed by atoms with E-state index in [9.17, 15) is 5.11 Å².